The third-order valence-electron chi connectivity index (χ3n) is 6.66. The van der Waals surface area contributed by atoms with Gasteiger partial charge in [0, 0.05) is 19.4 Å². The van der Waals surface area contributed by atoms with Gasteiger partial charge in [-0.15, -0.1) is 0 Å². The Labute approximate surface area is 228 Å². The van der Waals surface area contributed by atoms with Crippen LogP contribution in [-0.4, -0.2) is 34.0 Å². The van der Waals surface area contributed by atoms with Crippen LogP contribution >= 0.6 is 23.2 Å². The lowest BCUT2D eigenvalue weighted by molar-refractivity contribution is -0.144. The lowest BCUT2D eigenvalue weighted by Crippen LogP contribution is -2.36. The fourth-order valence-electron chi connectivity index (χ4n) is 4.78. The van der Waals surface area contributed by atoms with Crippen LogP contribution in [0.4, 0.5) is 0 Å². The Bertz CT molecular complexity index is 1310. The predicted octanol–water partition coefficient (Wildman–Crippen LogP) is 6.71. The third kappa shape index (κ3) is 6.85. The Morgan fingerprint density at radius 3 is 2.30 bits per heavy atom. The maximum Gasteiger partial charge on any atom is 0.323 e. The fourth-order valence-corrected chi connectivity index (χ4v) is 5.10. The third-order valence-corrected chi connectivity index (χ3v) is 7.40. The maximum absolute atomic E-state index is 13.1. The van der Waals surface area contributed by atoms with Gasteiger partial charge in [0.2, 0.25) is 5.91 Å². The zero-order valence-electron chi connectivity index (χ0n) is 21.3. The minimum absolute atomic E-state index is 0.0925. The van der Waals surface area contributed by atoms with E-state index in [0.29, 0.717) is 21.5 Å². The largest absolute Gasteiger partial charge is 0.487 e. The molecule has 0 radical (unpaired) electrons. The van der Waals surface area contributed by atoms with Crippen molar-refractivity contribution in [3.8, 4) is 5.75 Å². The first-order chi connectivity index (χ1) is 17.5. The predicted molar refractivity (Wildman–Crippen MR) is 147 cm³/mol. The molecule has 0 aliphatic carbocycles. The van der Waals surface area contributed by atoms with E-state index < -0.39 is 12.5 Å². The maximum atomic E-state index is 13.1. The lowest BCUT2D eigenvalue weighted by atomic mass is 9.90. The number of benzene rings is 3. The van der Waals surface area contributed by atoms with Crippen LogP contribution in [0.5, 0.6) is 5.75 Å². The van der Waals surface area contributed by atoms with E-state index in [1.54, 1.807) is 18.2 Å². The molecule has 0 unspecified atom stereocenters. The molecule has 5 nitrogen and oxygen atoms in total. The Hall–Kier alpha value is -3.02. The fraction of sp³-hybridized carbons (Fsp3) is 0.333. The van der Waals surface area contributed by atoms with Gasteiger partial charge in [0.1, 0.15) is 17.9 Å². The second kappa shape index (κ2) is 11.2. The van der Waals surface area contributed by atoms with Crippen molar-refractivity contribution in [2.75, 3.05) is 6.54 Å². The number of amides is 1. The van der Waals surface area contributed by atoms with E-state index in [2.05, 4.69) is 45.0 Å². The summed E-state index contributed by atoms with van der Waals surface area (Å²) >= 11 is 12.1. The zero-order valence-corrected chi connectivity index (χ0v) is 22.8. The Kier molecular flexibility index (Phi) is 8.15. The van der Waals surface area contributed by atoms with Gasteiger partial charge in [-0.2, -0.15) is 0 Å². The molecule has 0 saturated heterocycles. The number of hydrogen-bond acceptors (Lipinski definition) is 3. The van der Waals surface area contributed by atoms with Crippen molar-refractivity contribution in [2.45, 2.75) is 58.1 Å². The van der Waals surface area contributed by atoms with Gasteiger partial charge in [-0.05, 0) is 58.9 Å². The highest BCUT2D eigenvalue weighted by molar-refractivity contribution is 6.42. The van der Waals surface area contributed by atoms with E-state index >= 15 is 0 Å². The summed E-state index contributed by atoms with van der Waals surface area (Å²) in [5.74, 6) is -0.0304. The van der Waals surface area contributed by atoms with Gasteiger partial charge < -0.3 is 14.7 Å². The van der Waals surface area contributed by atoms with Crippen LogP contribution in [0.3, 0.4) is 0 Å². The molecule has 1 N–H and O–H groups in total. The van der Waals surface area contributed by atoms with Crippen molar-refractivity contribution in [1.82, 2.24) is 4.90 Å². The lowest BCUT2D eigenvalue weighted by Gasteiger charge is -2.24. The molecule has 0 bridgehead atoms. The van der Waals surface area contributed by atoms with Gasteiger partial charge in [-0.3, -0.25) is 9.59 Å². The second-order valence-electron chi connectivity index (χ2n) is 10.3. The van der Waals surface area contributed by atoms with Crippen molar-refractivity contribution < 1.29 is 19.4 Å². The average molecular weight is 540 g/mol. The number of halogens is 2. The van der Waals surface area contributed by atoms with E-state index in [0.717, 1.165) is 29.7 Å². The number of hydrogen-bond donors (Lipinski definition) is 1. The monoisotopic (exact) mass is 539 g/mol. The number of carbonyl (C=O) groups is 2. The van der Waals surface area contributed by atoms with E-state index in [9.17, 15) is 14.7 Å². The summed E-state index contributed by atoms with van der Waals surface area (Å²) in [6, 6.07) is 19.5. The number of carboxylic acid groups (broad SMARTS) is 1. The molecule has 1 aliphatic rings. The molecule has 7 heteroatoms. The summed E-state index contributed by atoms with van der Waals surface area (Å²) in [6.45, 7) is 6.21. The summed E-state index contributed by atoms with van der Waals surface area (Å²) in [4.78, 5) is 25.9. The van der Waals surface area contributed by atoms with E-state index in [1.807, 2.05) is 18.2 Å². The van der Waals surface area contributed by atoms with E-state index in [-0.39, 0.29) is 24.5 Å². The standard InChI is InChI=1S/C30H31Cl2NO4/c1-19(2)23-8-4-20(5-9-23)15-30(3)16-24-12-21(7-11-27(24)37-30)14-28(34)33(18-29(35)36)17-22-6-10-25(31)26(32)13-22/h4-13,19H,14-18H2,1-3H3,(H,35,36)/t30-/m0/s1. The number of nitrogens with zero attached hydrogens (tertiary/aromatic N) is 1. The minimum Gasteiger partial charge on any atom is -0.487 e. The van der Waals surface area contributed by atoms with Crippen LogP contribution in [0, 0.1) is 0 Å². The molecule has 0 fully saturated rings. The number of ether oxygens (including phenoxy) is 1. The molecule has 37 heavy (non-hydrogen) atoms. The first-order valence-electron chi connectivity index (χ1n) is 12.3. The Morgan fingerprint density at radius 1 is 0.973 bits per heavy atom. The molecule has 1 amide bonds. The number of aliphatic carboxylic acids is 1. The van der Waals surface area contributed by atoms with Crippen LogP contribution in [0.15, 0.2) is 60.7 Å². The summed E-state index contributed by atoms with van der Waals surface area (Å²) < 4.78 is 6.34. The van der Waals surface area contributed by atoms with Crippen molar-refractivity contribution >= 4 is 35.1 Å². The smallest absolute Gasteiger partial charge is 0.323 e. The topological polar surface area (TPSA) is 66.8 Å². The molecule has 3 aromatic rings. The Morgan fingerprint density at radius 2 is 1.65 bits per heavy atom. The highest BCUT2D eigenvalue weighted by Crippen LogP contribution is 2.38. The molecular formula is C30H31Cl2NO4. The van der Waals surface area contributed by atoms with Crippen LogP contribution in [0.2, 0.25) is 10.0 Å². The molecule has 0 spiro atoms. The van der Waals surface area contributed by atoms with Crippen LogP contribution in [0.25, 0.3) is 0 Å². The summed E-state index contributed by atoms with van der Waals surface area (Å²) in [5.41, 5.74) is 4.76. The van der Waals surface area contributed by atoms with Crippen molar-refractivity contribution in [3.05, 3.63) is 98.5 Å². The highest BCUT2D eigenvalue weighted by Gasteiger charge is 2.35. The molecule has 1 heterocycles. The normalized spacial score (nSPS) is 16.4. The van der Waals surface area contributed by atoms with Gasteiger partial charge in [0.05, 0.1) is 16.5 Å². The summed E-state index contributed by atoms with van der Waals surface area (Å²) in [6.07, 6.45) is 1.61. The summed E-state index contributed by atoms with van der Waals surface area (Å²) in [5, 5.41) is 10.1. The van der Waals surface area contributed by atoms with Crippen molar-refractivity contribution in [2.24, 2.45) is 0 Å². The quantitative estimate of drug-likeness (QED) is 0.328. The van der Waals surface area contributed by atoms with Crippen LogP contribution in [-0.2, 0) is 35.4 Å². The molecule has 3 aromatic carbocycles. The van der Waals surface area contributed by atoms with Crippen molar-refractivity contribution in [3.63, 3.8) is 0 Å². The molecule has 194 valence electrons. The van der Waals surface area contributed by atoms with Crippen LogP contribution in [0.1, 0.15) is 54.5 Å². The first-order valence-corrected chi connectivity index (χ1v) is 13.1. The van der Waals surface area contributed by atoms with E-state index in [1.165, 1.54) is 16.0 Å². The van der Waals surface area contributed by atoms with Gasteiger partial charge >= 0.3 is 5.97 Å². The van der Waals surface area contributed by atoms with Gasteiger partial charge in [-0.25, -0.2) is 0 Å². The van der Waals surface area contributed by atoms with Crippen molar-refractivity contribution in [1.29, 1.82) is 0 Å². The number of carboxylic acids is 1. The molecule has 1 aliphatic heterocycles. The highest BCUT2D eigenvalue weighted by atomic mass is 35.5. The Balaban J connectivity index is 1.44. The van der Waals surface area contributed by atoms with Gasteiger partial charge in [0.15, 0.2) is 0 Å². The molecular weight excluding hydrogens is 509 g/mol. The molecule has 1 atom stereocenters. The molecule has 0 saturated carbocycles. The zero-order chi connectivity index (χ0) is 26.7. The molecule has 4 rings (SSSR count). The first kappa shape index (κ1) is 27.0. The van der Waals surface area contributed by atoms with Crippen LogP contribution < -0.4 is 4.74 Å². The molecule has 0 aromatic heterocycles. The summed E-state index contributed by atoms with van der Waals surface area (Å²) in [7, 11) is 0. The average Bonchev–Trinajstić information content (AvgIpc) is 3.16. The SMILES string of the molecule is CC(C)c1ccc(C[C@@]2(C)Cc3cc(CC(=O)N(CC(=O)O)Cc4ccc(Cl)c(Cl)c4)ccc3O2)cc1. The van der Waals surface area contributed by atoms with Gasteiger partial charge in [-0.1, -0.05) is 79.5 Å². The van der Waals surface area contributed by atoms with Gasteiger partial charge in [0.25, 0.3) is 0 Å². The number of rotatable bonds is 9. The second-order valence-corrected chi connectivity index (χ2v) is 11.1. The number of fused-ring (bicyclic) bond motifs is 1. The number of carbonyl (C=O) groups excluding carboxylic acids is 1. The van der Waals surface area contributed by atoms with E-state index in [4.69, 9.17) is 27.9 Å². The minimum atomic E-state index is -1.08.